The normalized spacial score (nSPS) is 18.1. The topological polar surface area (TPSA) is 57.2 Å². The van der Waals surface area contributed by atoms with Crippen molar-refractivity contribution in [2.24, 2.45) is 0 Å². The Morgan fingerprint density at radius 2 is 1.45 bits per heavy atom. The molecule has 2 aliphatic heterocycles. The van der Waals surface area contributed by atoms with Gasteiger partial charge in [0, 0.05) is 40.9 Å². The van der Waals surface area contributed by atoms with Gasteiger partial charge in [0.15, 0.2) is 5.60 Å². The van der Waals surface area contributed by atoms with Crippen LogP contribution >= 0.6 is 0 Å². The smallest absolute Gasteiger partial charge is 0.338 e. The largest absolute Gasteiger partial charge is 0.497 e. The minimum Gasteiger partial charge on any atom is -0.497 e. The summed E-state index contributed by atoms with van der Waals surface area (Å²) in [5.41, 5.74) is 3.35. The Labute approximate surface area is 234 Å². The molecule has 0 radical (unpaired) electrons. The van der Waals surface area contributed by atoms with Gasteiger partial charge in [0.1, 0.15) is 17.2 Å². The minimum atomic E-state index is -0.940. The Kier molecular flexibility index (Phi) is 6.84. The monoisotopic (exact) mass is 535 g/mol. The summed E-state index contributed by atoms with van der Waals surface area (Å²) in [5, 5.41) is 1.72. The summed E-state index contributed by atoms with van der Waals surface area (Å²) in [6, 6.07) is 24.2. The summed E-state index contributed by atoms with van der Waals surface area (Å²) in [4.78, 5) is 15.3. The van der Waals surface area contributed by atoms with E-state index in [4.69, 9.17) is 18.9 Å². The lowest BCUT2D eigenvalue weighted by Gasteiger charge is -2.37. The first kappa shape index (κ1) is 25.8. The molecule has 6 heteroatoms. The zero-order chi connectivity index (χ0) is 27.7. The second-order valence-corrected chi connectivity index (χ2v) is 10.2. The molecule has 1 fully saturated rings. The van der Waals surface area contributed by atoms with E-state index < -0.39 is 11.6 Å². The fourth-order valence-electron chi connectivity index (χ4n) is 5.82. The fraction of sp³-hybridized carbons (Fsp3) is 0.265. The van der Waals surface area contributed by atoms with Gasteiger partial charge in [-0.2, -0.15) is 0 Å². The molecule has 0 aromatic heterocycles. The number of anilines is 1. The average Bonchev–Trinajstić information content (AvgIpc) is 3.04. The van der Waals surface area contributed by atoms with E-state index in [-0.39, 0.29) is 0 Å². The van der Waals surface area contributed by atoms with E-state index in [0.29, 0.717) is 22.6 Å². The van der Waals surface area contributed by atoms with E-state index in [1.165, 1.54) is 32.1 Å². The van der Waals surface area contributed by atoms with Crippen LogP contribution < -0.4 is 19.1 Å². The second kappa shape index (κ2) is 10.6. The molecule has 0 aliphatic carbocycles. The lowest BCUT2D eigenvalue weighted by molar-refractivity contribution is 0.0599. The molecule has 0 saturated carbocycles. The van der Waals surface area contributed by atoms with E-state index in [1.807, 2.05) is 60.7 Å². The molecule has 0 amide bonds. The van der Waals surface area contributed by atoms with Gasteiger partial charge in [-0.1, -0.05) is 30.3 Å². The van der Waals surface area contributed by atoms with Crippen molar-refractivity contribution in [1.82, 2.24) is 0 Å². The van der Waals surface area contributed by atoms with Crippen LogP contribution in [0.2, 0.25) is 0 Å². The van der Waals surface area contributed by atoms with Crippen LogP contribution in [-0.4, -0.2) is 40.4 Å². The number of piperidine rings is 1. The van der Waals surface area contributed by atoms with E-state index in [0.717, 1.165) is 40.7 Å². The molecule has 204 valence electrons. The van der Waals surface area contributed by atoms with E-state index in [1.54, 1.807) is 14.2 Å². The third kappa shape index (κ3) is 4.43. The van der Waals surface area contributed by atoms with Gasteiger partial charge in [0.25, 0.3) is 0 Å². The third-order valence-corrected chi connectivity index (χ3v) is 8.03. The molecule has 1 saturated heterocycles. The standard InChI is InChI=1S/C34H33NO5/c1-37-27-15-10-25(11-16-27)34(24-8-12-26(13-9-24)35-19-5-4-6-20-35)18-17-29-31(33(36)39-3)21-23-7-14-28(38-2)22-30(23)32(29)40-34/h7-18,21-22H,4-6,19-20H2,1-3H3. The predicted molar refractivity (Wildman–Crippen MR) is 158 cm³/mol. The van der Waals surface area contributed by atoms with Gasteiger partial charge in [0.2, 0.25) is 0 Å². The quantitative estimate of drug-likeness (QED) is 0.248. The maximum Gasteiger partial charge on any atom is 0.338 e. The number of esters is 1. The predicted octanol–water partition coefficient (Wildman–Crippen LogP) is 6.98. The van der Waals surface area contributed by atoms with Crippen molar-refractivity contribution in [2.75, 3.05) is 39.3 Å². The number of carbonyl (C=O) groups excluding carboxylic acids is 1. The Hall–Kier alpha value is -4.45. The number of methoxy groups -OCH3 is 3. The number of ether oxygens (including phenoxy) is 4. The third-order valence-electron chi connectivity index (χ3n) is 8.03. The molecule has 1 unspecified atom stereocenters. The molecule has 4 aromatic carbocycles. The summed E-state index contributed by atoms with van der Waals surface area (Å²) in [5.74, 6) is 1.67. The van der Waals surface area contributed by atoms with Crippen molar-refractivity contribution < 1.29 is 23.7 Å². The van der Waals surface area contributed by atoms with Gasteiger partial charge < -0.3 is 23.8 Å². The van der Waals surface area contributed by atoms with Crippen LogP contribution in [0.15, 0.2) is 78.9 Å². The van der Waals surface area contributed by atoms with Crippen molar-refractivity contribution in [1.29, 1.82) is 0 Å². The van der Waals surface area contributed by atoms with Crippen LogP contribution in [-0.2, 0) is 10.3 Å². The van der Waals surface area contributed by atoms with Crippen LogP contribution in [0.25, 0.3) is 16.8 Å². The molecular weight excluding hydrogens is 502 g/mol. The van der Waals surface area contributed by atoms with Crippen molar-refractivity contribution in [3.63, 3.8) is 0 Å². The fourth-order valence-corrected chi connectivity index (χ4v) is 5.82. The van der Waals surface area contributed by atoms with Crippen LogP contribution in [0.3, 0.4) is 0 Å². The molecule has 0 spiro atoms. The number of hydrogen-bond donors (Lipinski definition) is 0. The first-order valence-corrected chi connectivity index (χ1v) is 13.7. The van der Waals surface area contributed by atoms with Gasteiger partial charge in [-0.25, -0.2) is 4.79 Å². The van der Waals surface area contributed by atoms with E-state index in [2.05, 4.69) is 29.2 Å². The Morgan fingerprint density at radius 3 is 2.10 bits per heavy atom. The number of nitrogens with zero attached hydrogens (tertiary/aromatic N) is 1. The van der Waals surface area contributed by atoms with Gasteiger partial charge >= 0.3 is 5.97 Å². The molecule has 6 rings (SSSR count). The molecule has 0 bridgehead atoms. The van der Waals surface area contributed by atoms with E-state index >= 15 is 0 Å². The number of carbonyl (C=O) groups is 1. The highest BCUT2D eigenvalue weighted by atomic mass is 16.5. The number of benzene rings is 4. The van der Waals surface area contributed by atoms with Crippen molar-refractivity contribution in [2.45, 2.75) is 24.9 Å². The van der Waals surface area contributed by atoms with E-state index in [9.17, 15) is 4.79 Å². The summed E-state index contributed by atoms with van der Waals surface area (Å²) in [6.07, 6.45) is 7.75. The maximum absolute atomic E-state index is 12.9. The molecule has 4 aromatic rings. The van der Waals surface area contributed by atoms with Crippen molar-refractivity contribution in [3.05, 3.63) is 101 Å². The summed E-state index contributed by atoms with van der Waals surface area (Å²) in [7, 11) is 4.69. The minimum absolute atomic E-state index is 0.412. The molecule has 2 aliphatic rings. The molecular formula is C34H33NO5. The maximum atomic E-state index is 12.9. The van der Waals surface area contributed by atoms with Crippen LogP contribution in [0.5, 0.6) is 17.2 Å². The van der Waals surface area contributed by atoms with Crippen molar-refractivity contribution >= 4 is 28.5 Å². The zero-order valence-electron chi connectivity index (χ0n) is 23.1. The highest BCUT2D eigenvalue weighted by Gasteiger charge is 2.39. The zero-order valence-corrected chi connectivity index (χ0v) is 23.1. The average molecular weight is 536 g/mol. The lowest BCUT2D eigenvalue weighted by Crippen LogP contribution is -2.35. The number of fused-ring (bicyclic) bond motifs is 3. The SMILES string of the molecule is COC(=O)c1cc2ccc(OC)cc2c2c1C=CC(c1ccc(OC)cc1)(c1ccc(N3CCCCC3)cc1)O2. The Balaban J connectivity index is 1.54. The van der Waals surface area contributed by atoms with Crippen LogP contribution in [0.4, 0.5) is 5.69 Å². The first-order chi connectivity index (χ1) is 19.6. The number of rotatable bonds is 6. The molecule has 0 N–H and O–H groups in total. The summed E-state index contributed by atoms with van der Waals surface area (Å²) >= 11 is 0. The summed E-state index contributed by atoms with van der Waals surface area (Å²) in [6.45, 7) is 2.16. The molecule has 2 heterocycles. The molecule has 40 heavy (non-hydrogen) atoms. The second-order valence-electron chi connectivity index (χ2n) is 10.2. The molecule has 6 nitrogen and oxygen atoms in total. The van der Waals surface area contributed by atoms with Gasteiger partial charge in [-0.3, -0.25) is 0 Å². The van der Waals surface area contributed by atoms with Crippen LogP contribution in [0, 0.1) is 0 Å². The Bertz CT molecular complexity index is 1570. The van der Waals surface area contributed by atoms with Gasteiger partial charge in [-0.15, -0.1) is 0 Å². The van der Waals surface area contributed by atoms with Crippen LogP contribution in [0.1, 0.15) is 46.3 Å². The number of hydrogen-bond acceptors (Lipinski definition) is 6. The highest BCUT2D eigenvalue weighted by molar-refractivity contribution is 6.04. The first-order valence-electron chi connectivity index (χ1n) is 13.7. The van der Waals surface area contributed by atoms with Crippen molar-refractivity contribution in [3.8, 4) is 17.2 Å². The van der Waals surface area contributed by atoms with Gasteiger partial charge in [0.05, 0.1) is 26.9 Å². The van der Waals surface area contributed by atoms with Gasteiger partial charge in [-0.05, 0) is 79.3 Å². The lowest BCUT2D eigenvalue weighted by atomic mass is 9.82. The molecule has 1 atom stereocenters. The summed E-state index contributed by atoms with van der Waals surface area (Å²) < 4.78 is 23.2. The highest BCUT2D eigenvalue weighted by Crippen LogP contribution is 2.47. The Morgan fingerprint density at radius 1 is 0.800 bits per heavy atom.